The van der Waals surface area contributed by atoms with Crippen molar-refractivity contribution in [1.82, 2.24) is 4.90 Å². The van der Waals surface area contributed by atoms with Crippen molar-refractivity contribution in [3.63, 3.8) is 0 Å². The molecule has 3 nitrogen and oxygen atoms in total. The maximum Gasteiger partial charge on any atom is 0.220 e. The number of likely N-dealkylation sites (tertiary alicyclic amines) is 1. The number of nitrogens with two attached hydrogens (primary N) is 1. The summed E-state index contributed by atoms with van der Waals surface area (Å²) >= 11 is 0. The zero-order valence-corrected chi connectivity index (χ0v) is 11.4. The molecule has 4 heteroatoms. The Morgan fingerprint density at radius 3 is 2.63 bits per heavy atom. The third-order valence-corrected chi connectivity index (χ3v) is 3.91. The highest BCUT2D eigenvalue weighted by molar-refractivity contribution is 5.76. The van der Waals surface area contributed by atoms with Crippen LogP contribution in [0.1, 0.15) is 30.9 Å². The van der Waals surface area contributed by atoms with E-state index in [1.807, 2.05) is 19.1 Å². The van der Waals surface area contributed by atoms with Crippen LogP contribution in [0.15, 0.2) is 18.2 Å². The van der Waals surface area contributed by atoms with Crippen LogP contribution in [0.3, 0.4) is 0 Å². The summed E-state index contributed by atoms with van der Waals surface area (Å²) in [7, 11) is 0. The number of aryl methyl sites for hydroxylation is 1. The van der Waals surface area contributed by atoms with Crippen LogP contribution in [-0.2, 0) is 17.8 Å². The number of piperidine rings is 1. The van der Waals surface area contributed by atoms with Crippen molar-refractivity contribution in [2.45, 2.75) is 32.7 Å². The quantitative estimate of drug-likeness (QED) is 0.905. The minimum Gasteiger partial charge on any atom is -0.369 e. The molecule has 104 valence electrons. The van der Waals surface area contributed by atoms with Gasteiger partial charge in [-0.2, -0.15) is 0 Å². The minimum absolute atomic E-state index is 0.0106. The maximum absolute atomic E-state index is 13.9. The fraction of sp³-hybridized carbons (Fsp3) is 0.533. The molecule has 2 rings (SSSR count). The molecule has 0 unspecified atom stereocenters. The fourth-order valence-corrected chi connectivity index (χ4v) is 2.56. The Morgan fingerprint density at radius 1 is 1.42 bits per heavy atom. The molecular weight excluding hydrogens is 243 g/mol. The summed E-state index contributed by atoms with van der Waals surface area (Å²) in [5.41, 5.74) is 7.06. The van der Waals surface area contributed by atoms with Crippen molar-refractivity contribution in [1.29, 1.82) is 0 Å². The summed E-state index contributed by atoms with van der Waals surface area (Å²) in [4.78, 5) is 13.3. The molecule has 1 aromatic carbocycles. The molecule has 1 aliphatic rings. The molecular formula is C15H21FN2O. The van der Waals surface area contributed by atoms with Gasteiger partial charge in [0.05, 0.1) is 0 Å². The van der Waals surface area contributed by atoms with Crippen LogP contribution in [0.2, 0.25) is 0 Å². The van der Waals surface area contributed by atoms with Gasteiger partial charge in [-0.15, -0.1) is 0 Å². The molecule has 1 aromatic rings. The number of hydrogen-bond acceptors (Lipinski definition) is 2. The second kappa shape index (κ2) is 6.15. The van der Waals surface area contributed by atoms with Crippen LogP contribution in [0, 0.1) is 11.7 Å². The monoisotopic (exact) mass is 264 g/mol. The van der Waals surface area contributed by atoms with Crippen molar-refractivity contribution in [2.24, 2.45) is 11.7 Å². The van der Waals surface area contributed by atoms with Gasteiger partial charge in [0, 0.05) is 18.0 Å². The van der Waals surface area contributed by atoms with Gasteiger partial charge in [0.15, 0.2) is 0 Å². The predicted molar refractivity (Wildman–Crippen MR) is 73.0 cm³/mol. The second-order valence-electron chi connectivity index (χ2n) is 5.23. The number of hydrogen-bond donors (Lipinski definition) is 1. The van der Waals surface area contributed by atoms with Crippen molar-refractivity contribution in [3.05, 3.63) is 35.1 Å². The number of nitrogens with zero attached hydrogens (tertiary/aromatic N) is 1. The molecule has 0 saturated carbocycles. The van der Waals surface area contributed by atoms with E-state index in [-0.39, 0.29) is 17.6 Å². The van der Waals surface area contributed by atoms with Gasteiger partial charge in [-0.1, -0.05) is 19.1 Å². The standard InChI is InChI=1S/C15H21FN2O/c1-2-11-3-4-13(14(16)9-11)10-18-7-5-12(6-8-18)15(17)19/h3-4,9,12H,2,5-8,10H2,1H3,(H2,17,19). The first kappa shape index (κ1) is 14.0. The van der Waals surface area contributed by atoms with Crippen molar-refractivity contribution >= 4 is 5.91 Å². The van der Waals surface area contributed by atoms with E-state index in [1.54, 1.807) is 6.07 Å². The number of primary amides is 1. The van der Waals surface area contributed by atoms with E-state index in [0.717, 1.165) is 43.5 Å². The predicted octanol–water partition coefficient (Wildman–Crippen LogP) is 2.09. The van der Waals surface area contributed by atoms with E-state index >= 15 is 0 Å². The lowest BCUT2D eigenvalue weighted by Gasteiger charge is -2.30. The number of amides is 1. The van der Waals surface area contributed by atoms with Gasteiger partial charge in [0.2, 0.25) is 5.91 Å². The average Bonchev–Trinajstić information content (AvgIpc) is 2.41. The summed E-state index contributed by atoms with van der Waals surface area (Å²) < 4.78 is 13.9. The molecule has 1 saturated heterocycles. The average molecular weight is 264 g/mol. The first-order valence-corrected chi connectivity index (χ1v) is 6.89. The molecule has 1 heterocycles. The van der Waals surface area contributed by atoms with E-state index in [2.05, 4.69) is 4.90 Å². The summed E-state index contributed by atoms with van der Waals surface area (Å²) in [6.07, 6.45) is 2.41. The van der Waals surface area contributed by atoms with E-state index in [4.69, 9.17) is 5.73 Å². The molecule has 0 radical (unpaired) electrons. The van der Waals surface area contributed by atoms with E-state index in [1.165, 1.54) is 0 Å². The highest BCUT2D eigenvalue weighted by Gasteiger charge is 2.23. The van der Waals surface area contributed by atoms with Gasteiger partial charge in [-0.25, -0.2) is 4.39 Å². The normalized spacial score (nSPS) is 17.6. The van der Waals surface area contributed by atoms with Gasteiger partial charge < -0.3 is 5.73 Å². The summed E-state index contributed by atoms with van der Waals surface area (Å²) in [6, 6.07) is 5.47. The SMILES string of the molecule is CCc1ccc(CN2CCC(C(N)=O)CC2)c(F)c1. The summed E-state index contributed by atoms with van der Waals surface area (Å²) in [5.74, 6) is -0.349. The van der Waals surface area contributed by atoms with Crippen LogP contribution in [-0.4, -0.2) is 23.9 Å². The van der Waals surface area contributed by atoms with Crippen LogP contribution < -0.4 is 5.73 Å². The summed E-state index contributed by atoms with van der Waals surface area (Å²) in [5, 5.41) is 0. The van der Waals surface area contributed by atoms with E-state index in [0.29, 0.717) is 6.54 Å². The molecule has 1 aliphatic heterocycles. The zero-order valence-electron chi connectivity index (χ0n) is 11.4. The number of benzene rings is 1. The molecule has 19 heavy (non-hydrogen) atoms. The Balaban J connectivity index is 1.94. The van der Waals surface area contributed by atoms with Crippen LogP contribution in [0.25, 0.3) is 0 Å². The van der Waals surface area contributed by atoms with Crippen molar-refractivity contribution in [3.8, 4) is 0 Å². The Morgan fingerprint density at radius 2 is 2.11 bits per heavy atom. The van der Waals surface area contributed by atoms with Gasteiger partial charge in [-0.05, 0) is 44.0 Å². The zero-order chi connectivity index (χ0) is 13.8. The number of carbonyl (C=O) groups excluding carboxylic acids is 1. The van der Waals surface area contributed by atoms with Gasteiger partial charge in [0.1, 0.15) is 5.82 Å². The van der Waals surface area contributed by atoms with Gasteiger partial charge in [0.25, 0.3) is 0 Å². The number of halogens is 1. The Hall–Kier alpha value is -1.42. The van der Waals surface area contributed by atoms with Crippen LogP contribution >= 0.6 is 0 Å². The second-order valence-corrected chi connectivity index (χ2v) is 5.23. The molecule has 0 aliphatic carbocycles. The molecule has 1 amide bonds. The lowest BCUT2D eigenvalue weighted by Crippen LogP contribution is -2.38. The highest BCUT2D eigenvalue weighted by Crippen LogP contribution is 2.20. The van der Waals surface area contributed by atoms with E-state index in [9.17, 15) is 9.18 Å². The molecule has 0 atom stereocenters. The molecule has 0 spiro atoms. The highest BCUT2D eigenvalue weighted by atomic mass is 19.1. The molecule has 0 bridgehead atoms. The lowest BCUT2D eigenvalue weighted by molar-refractivity contribution is -0.123. The van der Waals surface area contributed by atoms with Crippen LogP contribution in [0.4, 0.5) is 4.39 Å². The largest absolute Gasteiger partial charge is 0.369 e. The third-order valence-electron chi connectivity index (χ3n) is 3.91. The molecule has 2 N–H and O–H groups in total. The Kier molecular flexibility index (Phi) is 4.53. The van der Waals surface area contributed by atoms with Crippen molar-refractivity contribution in [2.75, 3.05) is 13.1 Å². The summed E-state index contributed by atoms with van der Waals surface area (Å²) in [6.45, 7) is 4.25. The smallest absolute Gasteiger partial charge is 0.220 e. The molecule has 0 aromatic heterocycles. The number of carbonyl (C=O) groups is 1. The number of rotatable bonds is 4. The first-order valence-electron chi connectivity index (χ1n) is 6.89. The minimum atomic E-state index is -0.210. The first-order chi connectivity index (χ1) is 9.10. The van der Waals surface area contributed by atoms with Crippen LogP contribution in [0.5, 0.6) is 0 Å². The van der Waals surface area contributed by atoms with Crippen molar-refractivity contribution < 1.29 is 9.18 Å². The van der Waals surface area contributed by atoms with Gasteiger partial charge >= 0.3 is 0 Å². The van der Waals surface area contributed by atoms with E-state index < -0.39 is 0 Å². The van der Waals surface area contributed by atoms with Gasteiger partial charge in [-0.3, -0.25) is 9.69 Å². The Labute approximate surface area is 113 Å². The lowest BCUT2D eigenvalue weighted by atomic mass is 9.96. The topological polar surface area (TPSA) is 46.3 Å². The maximum atomic E-state index is 13.9. The molecule has 1 fully saturated rings. The Bertz CT molecular complexity index is 453. The fourth-order valence-electron chi connectivity index (χ4n) is 2.56. The third kappa shape index (κ3) is 3.53.